The van der Waals surface area contributed by atoms with E-state index in [0.717, 1.165) is 39.1 Å². The molecule has 3 nitrogen and oxygen atoms in total. The molecule has 0 N–H and O–H groups in total. The van der Waals surface area contributed by atoms with E-state index in [4.69, 9.17) is 10.00 Å². The van der Waals surface area contributed by atoms with Gasteiger partial charge in [-0.25, -0.2) is 0 Å². The fourth-order valence-electron chi connectivity index (χ4n) is 1.23. The van der Waals surface area contributed by atoms with Gasteiger partial charge in [0.15, 0.2) is 0 Å². The Morgan fingerprint density at radius 3 is 2.50 bits per heavy atom. The van der Waals surface area contributed by atoms with E-state index in [1.54, 1.807) is 0 Å². The van der Waals surface area contributed by atoms with Crippen LogP contribution in [0.3, 0.4) is 0 Å². The highest BCUT2D eigenvalue weighted by Gasteiger charge is 2.01. The van der Waals surface area contributed by atoms with Crippen molar-refractivity contribution in [3.05, 3.63) is 0 Å². The van der Waals surface area contributed by atoms with Crippen molar-refractivity contribution >= 4 is 0 Å². The maximum Gasteiger partial charge on any atom is 0.0866 e. The molecule has 0 aliphatic carbocycles. The normalized spacial score (nSPS) is 10.4. The molecule has 0 saturated heterocycles. The van der Waals surface area contributed by atoms with Gasteiger partial charge in [-0.05, 0) is 19.4 Å². The van der Waals surface area contributed by atoms with Gasteiger partial charge in [0, 0.05) is 13.2 Å². The molecule has 0 aromatic carbocycles. The molecule has 0 aromatic heterocycles. The van der Waals surface area contributed by atoms with Gasteiger partial charge >= 0.3 is 0 Å². The van der Waals surface area contributed by atoms with E-state index < -0.39 is 0 Å². The summed E-state index contributed by atoms with van der Waals surface area (Å²) in [7, 11) is 0. The Hall–Kier alpha value is -0.590. The molecule has 3 heteroatoms. The molecule has 0 saturated carbocycles. The molecule has 0 unspecified atom stereocenters. The highest BCUT2D eigenvalue weighted by molar-refractivity contribution is 4.75. The summed E-state index contributed by atoms with van der Waals surface area (Å²) in [6.45, 7) is 8.27. The van der Waals surface area contributed by atoms with E-state index in [-0.39, 0.29) is 0 Å². The maximum absolute atomic E-state index is 8.57. The van der Waals surface area contributed by atoms with Crippen LogP contribution in [0.5, 0.6) is 0 Å². The van der Waals surface area contributed by atoms with Crippen LogP contribution in [-0.4, -0.2) is 37.7 Å². The smallest absolute Gasteiger partial charge is 0.0866 e. The average molecular weight is 198 g/mol. The Morgan fingerprint density at radius 1 is 1.14 bits per heavy atom. The molecule has 0 aromatic rings. The Labute approximate surface area is 87.7 Å². The minimum Gasteiger partial charge on any atom is -0.380 e. The van der Waals surface area contributed by atoms with Crippen molar-refractivity contribution in [2.24, 2.45) is 0 Å². The number of hydrogen-bond acceptors (Lipinski definition) is 3. The summed E-state index contributed by atoms with van der Waals surface area (Å²) in [6.07, 6.45) is 3.40. The summed E-state index contributed by atoms with van der Waals surface area (Å²) in [5.41, 5.74) is 0. The van der Waals surface area contributed by atoms with E-state index >= 15 is 0 Å². The Morgan fingerprint density at radius 2 is 1.93 bits per heavy atom. The number of nitrogens with zero attached hydrogens (tertiary/aromatic N) is 2. The van der Waals surface area contributed by atoms with Gasteiger partial charge in [-0.15, -0.1) is 0 Å². The maximum atomic E-state index is 8.57. The van der Waals surface area contributed by atoms with Gasteiger partial charge in [-0.3, -0.25) is 4.90 Å². The number of unbranched alkanes of at least 4 members (excludes halogenated alkanes) is 1. The van der Waals surface area contributed by atoms with E-state index in [9.17, 15) is 0 Å². The van der Waals surface area contributed by atoms with Gasteiger partial charge < -0.3 is 4.74 Å². The Bertz CT molecular complexity index is 154. The van der Waals surface area contributed by atoms with Crippen LogP contribution in [0.1, 0.15) is 33.1 Å². The molecular formula is C11H22N2O. The van der Waals surface area contributed by atoms with Gasteiger partial charge in [0.05, 0.1) is 19.2 Å². The van der Waals surface area contributed by atoms with Crippen LogP contribution < -0.4 is 0 Å². The van der Waals surface area contributed by atoms with Crippen LogP contribution in [0.2, 0.25) is 0 Å². The Balaban J connectivity index is 3.36. The molecule has 82 valence electrons. The zero-order valence-corrected chi connectivity index (χ0v) is 9.46. The third-order valence-electron chi connectivity index (χ3n) is 2.03. The van der Waals surface area contributed by atoms with Gasteiger partial charge in [0.25, 0.3) is 0 Å². The van der Waals surface area contributed by atoms with Crippen LogP contribution >= 0.6 is 0 Å². The molecule has 0 aliphatic heterocycles. The zero-order valence-electron chi connectivity index (χ0n) is 9.46. The number of hydrogen-bond donors (Lipinski definition) is 0. The molecule has 0 rings (SSSR count). The first kappa shape index (κ1) is 13.4. The standard InChI is InChI=1S/C11H22N2O/c1-3-5-10-14-11-9-13(7-4-2)8-6-12/h3-5,7-11H2,1-2H3. The third-order valence-corrected chi connectivity index (χ3v) is 2.03. The van der Waals surface area contributed by atoms with Gasteiger partial charge in [0.2, 0.25) is 0 Å². The lowest BCUT2D eigenvalue weighted by Gasteiger charge is -2.17. The first-order valence-corrected chi connectivity index (χ1v) is 5.52. The average Bonchev–Trinajstić information content (AvgIpc) is 2.18. The summed E-state index contributed by atoms with van der Waals surface area (Å²) in [6, 6.07) is 2.18. The summed E-state index contributed by atoms with van der Waals surface area (Å²) >= 11 is 0. The van der Waals surface area contributed by atoms with Crippen molar-refractivity contribution in [3.63, 3.8) is 0 Å². The molecule has 0 fully saturated rings. The minimum atomic E-state index is 0.519. The number of ether oxygens (including phenoxy) is 1. The van der Waals surface area contributed by atoms with E-state index in [2.05, 4.69) is 24.8 Å². The topological polar surface area (TPSA) is 36.3 Å². The summed E-state index contributed by atoms with van der Waals surface area (Å²) < 4.78 is 5.45. The second-order valence-corrected chi connectivity index (χ2v) is 3.40. The predicted molar refractivity (Wildman–Crippen MR) is 58.1 cm³/mol. The Kier molecular flexibility index (Phi) is 10.0. The van der Waals surface area contributed by atoms with Crippen LogP contribution in [0.4, 0.5) is 0 Å². The lowest BCUT2D eigenvalue weighted by atomic mass is 10.4. The second kappa shape index (κ2) is 10.5. The lowest BCUT2D eigenvalue weighted by Crippen LogP contribution is -2.28. The summed E-state index contributed by atoms with van der Waals surface area (Å²) in [5.74, 6) is 0. The fraction of sp³-hybridized carbons (Fsp3) is 0.909. The second-order valence-electron chi connectivity index (χ2n) is 3.40. The van der Waals surface area contributed by atoms with E-state index in [1.165, 1.54) is 6.42 Å². The minimum absolute atomic E-state index is 0.519. The SMILES string of the molecule is CCCCOCCN(CC#N)CCC. The van der Waals surface area contributed by atoms with Crippen LogP contribution in [0, 0.1) is 11.3 Å². The van der Waals surface area contributed by atoms with Crippen molar-refractivity contribution in [2.75, 3.05) is 32.8 Å². The molecule has 0 atom stereocenters. The van der Waals surface area contributed by atoms with Crippen molar-refractivity contribution in [3.8, 4) is 6.07 Å². The third kappa shape index (κ3) is 8.03. The first-order valence-electron chi connectivity index (χ1n) is 5.52. The molecular weight excluding hydrogens is 176 g/mol. The van der Waals surface area contributed by atoms with E-state index in [0.29, 0.717) is 6.54 Å². The summed E-state index contributed by atoms with van der Waals surface area (Å²) in [5, 5.41) is 8.57. The molecule has 0 aliphatic rings. The molecule has 0 radical (unpaired) electrons. The van der Waals surface area contributed by atoms with Crippen molar-refractivity contribution < 1.29 is 4.74 Å². The molecule has 14 heavy (non-hydrogen) atoms. The van der Waals surface area contributed by atoms with E-state index in [1.807, 2.05) is 0 Å². The number of rotatable bonds is 9. The highest BCUT2D eigenvalue weighted by Crippen LogP contribution is 1.92. The van der Waals surface area contributed by atoms with Crippen LogP contribution in [-0.2, 0) is 4.74 Å². The van der Waals surface area contributed by atoms with Crippen LogP contribution in [0.25, 0.3) is 0 Å². The summed E-state index contributed by atoms with van der Waals surface area (Å²) in [4.78, 5) is 2.13. The first-order chi connectivity index (χ1) is 6.85. The zero-order chi connectivity index (χ0) is 10.6. The number of nitriles is 1. The van der Waals surface area contributed by atoms with Gasteiger partial charge in [0.1, 0.15) is 0 Å². The molecule has 0 amide bonds. The van der Waals surface area contributed by atoms with Crippen molar-refractivity contribution in [1.29, 1.82) is 5.26 Å². The fourth-order valence-corrected chi connectivity index (χ4v) is 1.23. The largest absolute Gasteiger partial charge is 0.380 e. The van der Waals surface area contributed by atoms with Crippen LogP contribution in [0.15, 0.2) is 0 Å². The quantitative estimate of drug-likeness (QED) is 0.420. The lowest BCUT2D eigenvalue weighted by molar-refractivity contribution is 0.105. The van der Waals surface area contributed by atoms with Gasteiger partial charge in [-0.2, -0.15) is 5.26 Å². The predicted octanol–water partition coefficient (Wildman–Crippen LogP) is 2.04. The van der Waals surface area contributed by atoms with Gasteiger partial charge in [-0.1, -0.05) is 20.3 Å². The molecule has 0 heterocycles. The molecule has 0 spiro atoms. The van der Waals surface area contributed by atoms with Crippen molar-refractivity contribution in [1.82, 2.24) is 4.90 Å². The van der Waals surface area contributed by atoms with Crippen molar-refractivity contribution in [2.45, 2.75) is 33.1 Å². The highest BCUT2D eigenvalue weighted by atomic mass is 16.5. The monoisotopic (exact) mass is 198 g/mol. The molecule has 0 bridgehead atoms.